The highest BCUT2D eigenvalue weighted by Crippen LogP contribution is 2.25. The van der Waals surface area contributed by atoms with E-state index in [0.717, 1.165) is 0 Å². The van der Waals surface area contributed by atoms with Crippen molar-refractivity contribution in [3.8, 4) is 11.5 Å². The molecule has 9 nitrogen and oxygen atoms in total. The highest BCUT2D eigenvalue weighted by molar-refractivity contribution is 6.06. The van der Waals surface area contributed by atoms with Gasteiger partial charge in [-0.1, -0.05) is 0 Å². The number of benzene rings is 1. The third kappa shape index (κ3) is 4.66. The Morgan fingerprint density at radius 3 is 2.48 bits per heavy atom. The van der Waals surface area contributed by atoms with E-state index in [1.807, 2.05) is 0 Å². The molecule has 162 valence electrons. The van der Waals surface area contributed by atoms with Crippen molar-refractivity contribution in [2.24, 2.45) is 0 Å². The van der Waals surface area contributed by atoms with Crippen LogP contribution in [0, 0.1) is 0 Å². The molecule has 3 rings (SSSR count). The lowest BCUT2D eigenvalue weighted by atomic mass is 10.1. The van der Waals surface area contributed by atoms with Gasteiger partial charge in [0.2, 0.25) is 0 Å². The van der Waals surface area contributed by atoms with Crippen LogP contribution in [-0.4, -0.2) is 67.2 Å². The lowest BCUT2D eigenvalue weighted by Crippen LogP contribution is -2.44. The molecule has 1 saturated heterocycles. The quantitative estimate of drug-likeness (QED) is 0.517. The van der Waals surface area contributed by atoms with Gasteiger partial charge in [-0.05, 0) is 36.8 Å². The first-order chi connectivity index (χ1) is 15.0. The molecule has 2 amide bonds. The van der Waals surface area contributed by atoms with Crippen LogP contribution in [0.15, 0.2) is 42.7 Å². The van der Waals surface area contributed by atoms with Crippen molar-refractivity contribution in [2.45, 2.75) is 6.42 Å². The zero-order chi connectivity index (χ0) is 22.4. The average molecular weight is 425 g/mol. The minimum absolute atomic E-state index is 0.0764. The molecule has 0 unspecified atom stereocenters. The van der Waals surface area contributed by atoms with Gasteiger partial charge in [0.25, 0.3) is 11.8 Å². The summed E-state index contributed by atoms with van der Waals surface area (Å²) >= 11 is 0. The molecule has 0 N–H and O–H groups in total. The lowest BCUT2D eigenvalue weighted by Gasteiger charge is -2.27. The lowest BCUT2D eigenvalue weighted by molar-refractivity contribution is -0.134. The van der Waals surface area contributed by atoms with Crippen molar-refractivity contribution in [1.29, 1.82) is 0 Å². The molecule has 1 aromatic heterocycles. The van der Waals surface area contributed by atoms with Crippen molar-refractivity contribution < 1.29 is 28.6 Å². The van der Waals surface area contributed by atoms with Crippen molar-refractivity contribution in [3.05, 3.63) is 59.4 Å². The number of carbonyl (C=O) groups is 3. The summed E-state index contributed by atoms with van der Waals surface area (Å²) in [7, 11) is 4.32. The van der Waals surface area contributed by atoms with Crippen LogP contribution < -0.4 is 9.47 Å². The van der Waals surface area contributed by atoms with Gasteiger partial charge in [0.1, 0.15) is 11.5 Å². The molecular weight excluding hydrogens is 402 g/mol. The Labute approximate surface area is 179 Å². The number of hydrazine groups is 1. The molecule has 0 spiro atoms. The Balaban J connectivity index is 1.83. The number of ether oxygens (including phenoxy) is 3. The van der Waals surface area contributed by atoms with Gasteiger partial charge in [-0.15, -0.1) is 0 Å². The van der Waals surface area contributed by atoms with Crippen LogP contribution in [0.1, 0.15) is 32.7 Å². The Kier molecular flexibility index (Phi) is 6.86. The number of carbonyl (C=O) groups excluding carboxylic acids is 3. The molecule has 1 fully saturated rings. The van der Waals surface area contributed by atoms with Crippen LogP contribution in [0.5, 0.6) is 11.5 Å². The third-order valence-corrected chi connectivity index (χ3v) is 4.82. The van der Waals surface area contributed by atoms with Crippen LogP contribution in [0.3, 0.4) is 0 Å². The first-order valence-corrected chi connectivity index (χ1v) is 9.55. The molecule has 1 aromatic carbocycles. The van der Waals surface area contributed by atoms with E-state index in [-0.39, 0.29) is 17.0 Å². The maximum absolute atomic E-state index is 13.1. The molecule has 0 aliphatic carbocycles. The number of amides is 2. The van der Waals surface area contributed by atoms with Gasteiger partial charge in [-0.2, -0.15) is 0 Å². The largest absolute Gasteiger partial charge is 0.497 e. The highest BCUT2D eigenvalue weighted by Gasteiger charge is 2.32. The highest BCUT2D eigenvalue weighted by atomic mass is 16.5. The maximum atomic E-state index is 13.1. The van der Waals surface area contributed by atoms with Crippen LogP contribution >= 0.6 is 0 Å². The number of esters is 1. The van der Waals surface area contributed by atoms with Crippen molar-refractivity contribution in [1.82, 2.24) is 15.0 Å². The van der Waals surface area contributed by atoms with Gasteiger partial charge in [0.05, 0.1) is 32.5 Å². The molecule has 31 heavy (non-hydrogen) atoms. The molecule has 9 heteroatoms. The summed E-state index contributed by atoms with van der Waals surface area (Å²) in [4.78, 5) is 41.9. The van der Waals surface area contributed by atoms with E-state index in [4.69, 9.17) is 14.2 Å². The molecule has 2 heterocycles. The Morgan fingerprint density at radius 2 is 1.77 bits per heavy atom. The van der Waals surface area contributed by atoms with E-state index in [2.05, 4.69) is 4.98 Å². The summed E-state index contributed by atoms with van der Waals surface area (Å²) in [5.41, 5.74) is 0.832. The summed E-state index contributed by atoms with van der Waals surface area (Å²) in [6.07, 6.45) is 6.29. The Hall–Kier alpha value is -3.88. The average Bonchev–Trinajstić information content (AvgIpc) is 3.31. The SMILES string of the molecule is COC(=O)c1ccncc1C(=O)N1CCCN1C(=O)/C=C/c1cc(OC)ccc1OC. The zero-order valence-electron chi connectivity index (χ0n) is 17.5. The number of pyridine rings is 1. The van der Waals surface area contributed by atoms with E-state index in [1.54, 1.807) is 31.4 Å². The minimum atomic E-state index is -0.646. The summed E-state index contributed by atoms with van der Waals surface area (Å²) in [6, 6.07) is 6.65. The number of methoxy groups -OCH3 is 3. The zero-order valence-corrected chi connectivity index (χ0v) is 17.5. The van der Waals surface area contributed by atoms with Gasteiger partial charge in [-0.3, -0.25) is 14.6 Å². The first-order valence-electron chi connectivity index (χ1n) is 9.55. The maximum Gasteiger partial charge on any atom is 0.338 e. The Bertz CT molecular complexity index is 1020. The summed E-state index contributed by atoms with van der Waals surface area (Å²) < 4.78 is 15.3. The van der Waals surface area contributed by atoms with E-state index in [9.17, 15) is 14.4 Å². The van der Waals surface area contributed by atoms with E-state index in [0.29, 0.717) is 36.6 Å². The first kappa shape index (κ1) is 21.8. The molecule has 0 atom stereocenters. The van der Waals surface area contributed by atoms with Gasteiger partial charge in [-0.25, -0.2) is 14.8 Å². The molecule has 0 saturated carbocycles. The second-order valence-corrected chi connectivity index (χ2v) is 6.60. The van der Waals surface area contributed by atoms with Crippen LogP contribution in [0.25, 0.3) is 6.08 Å². The van der Waals surface area contributed by atoms with Crippen molar-refractivity contribution >= 4 is 23.9 Å². The predicted octanol–water partition coefficient (Wildman–Crippen LogP) is 2.19. The number of hydrogen-bond acceptors (Lipinski definition) is 7. The van der Waals surface area contributed by atoms with E-state index < -0.39 is 11.9 Å². The number of aromatic nitrogens is 1. The standard InChI is InChI=1S/C22H23N3O6/c1-29-16-6-7-19(30-2)15(13-16)5-8-20(26)24-11-4-12-25(24)21(27)18-14-23-10-9-17(18)22(28)31-3/h5-10,13-14H,4,11-12H2,1-3H3/b8-5+. The molecular formula is C22H23N3O6. The molecule has 2 aromatic rings. The smallest absolute Gasteiger partial charge is 0.338 e. The molecule has 1 aliphatic heterocycles. The van der Waals surface area contributed by atoms with Gasteiger partial charge in [0, 0.05) is 37.1 Å². The fourth-order valence-corrected chi connectivity index (χ4v) is 3.26. The van der Waals surface area contributed by atoms with Crippen LogP contribution in [0.4, 0.5) is 0 Å². The number of nitrogens with zero attached hydrogens (tertiary/aromatic N) is 3. The fourth-order valence-electron chi connectivity index (χ4n) is 3.26. The third-order valence-electron chi connectivity index (χ3n) is 4.82. The molecule has 0 radical (unpaired) electrons. The molecule has 0 bridgehead atoms. The van der Waals surface area contributed by atoms with Crippen molar-refractivity contribution in [2.75, 3.05) is 34.4 Å². The fraction of sp³-hybridized carbons (Fsp3) is 0.273. The topological polar surface area (TPSA) is 98.3 Å². The van der Waals surface area contributed by atoms with Crippen molar-refractivity contribution in [3.63, 3.8) is 0 Å². The molecule has 1 aliphatic rings. The minimum Gasteiger partial charge on any atom is -0.497 e. The van der Waals surface area contributed by atoms with E-state index in [1.165, 1.54) is 48.8 Å². The van der Waals surface area contributed by atoms with E-state index >= 15 is 0 Å². The Morgan fingerprint density at radius 1 is 1.00 bits per heavy atom. The summed E-state index contributed by atoms with van der Waals surface area (Å²) in [6.45, 7) is 0.717. The van der Waals surface area contributed by atoms with Crippen LogP contribution in [-0.2, 0) is 9.53 Å². The van der Waals surface area contributed by atoms with Gasteiger partial charge in [0.15, 0.2) is 0 Å². The number of rotatable bonds is 6. The second-order valence-electron chi connectivity index (χ2n) is 6.60. The number of hydrogen-bond donors (Lipinski definition) is 0. The van der Waals surface area contributed by atoms with Crippen LogP contribution in [0.2, 0.25) is 0 Å². The summed E-state index contributed by atoms with van der Waals surface area (Å²) in [5, 5.41) is 2.67. The summed E-state index contributed by atoms with van der Waals surface area (Å²) in [5.74, 6) is -0.311. The van der Waals surface area contributed by atoms with Gasteiger partial charge >= 0.3 is 5.97 Å². The van der Waals surface area contributed by atoms with Gasteiger partial charge < -0.3 is 14.2 Å². The predicted molar refractivity (Wildman–Crippen MR) is 112 cm³/mol. The second kappa shape index (κ2) is 9.75. The monoisotopic (exact) mass is 425 g/mol. The normalized spacial score (nSPS) is 13.4.